The zero-order valence-corrected chi connectivity index (χ0v) is 5.80. The summed E-state index contributed by atoms with van der Waals surface area (Å²) in [6, 6.07) is 0. The van der Waals surface area contributed by atoms with E-state index in [9.17, 15) is 0 Å². The van der Waals surface area contributed by atoms with Crippen LogP contribution in [0.25, 0.3) is 0 Å². The molecule has 2 N–H and O–H groups in total. The van der Waals surface area contributed by atoms with Gasteiger partial charge >= 0.3 is 94.2 Å². The van der Waals surface area contributed by atoms with Gasteiger partial charge < -0.3 is 9.59 Å². The second-order valence-corrected chi connectivity index (χ2v) is 0.848. The Kier molecular flexibility index (Phi) is 51.3. The van der Waals surface area contributed by atoms with Crippen LogP contribution in [0.1, 0.15) is 2.85 Å². The van der Waals surface area contributed by atoms with Gasteiger partial charge in [0.15, 0.2) is 0 Å². The molecular formula is H7MgNa2O3Si+3. The van der Waals surface area contributed by atoms with Crippen molar-refractivity contribution in [2.45, 2.75) is 0 Å². The van der Waals surface area contributed by atoms with Gasteiger partial charge in [0.1, 0.15) is 0 Å². The Morgan fingerprint density at radius 3 is 1.43 bits per heavy atom. The van der Waals surface area contributed by atoms with Crippen LogP contribution in [0.3, 0.4) is 0 Å². The normalized spacial score (nSPS) is 3.43. The number of rotatable bonds is 0. The number of hydrogen-bond acceptors (Lipinski definition) is 1. The van der Waals surface area contributed by atoms with Gasteiger partial charge in [-0.05, 0) is 0 Å². The zero-order chi connectivity index (χ0) is 3.58. The average molecular weight is 153 g/mol. The SMILES string of the molecule is O=[Si](O)O.[H+].[H+].[MgH2].[Na+].[NaH]. The Balaban J connectivity index is -0.00000000450. The molecule has 0 radical (unpaired) electrons. The van der Waals surface area contributed by atoms with Gasteiger partial charge in [-0.3, -0.25) is 4.46 Å². The van der Waals surface area contributed by atoms with Gasteiger partial charge in [0.05, 0.1) is 0 Å². The molecule has 0 rings (SSSR count). The summed E-state index contributed by atoms with van der Waals surface area (Å²) in [7, 11) is -3.13. The molecule has 0 aliphatic carbocycles. The van der Waals surface area contributed by atoms with Crippen LogP contribution in [-0.4, -0.2) is 71.4 Å². The molecule has 0 spiro atoms. The Bertz CT molecular complexity index is 42.8. The summed E-state index contributed by atoms with van der Waals surface area (Å²) >= 11 is 0. The van der Waals surface area contributed by atoms with Crippen molar-refractivity contribution in [2.24, 2.45) is 0 Å². The fourth-order valence-corrected chi connectivity index (χ4v) is 0. The first-order valence-corrected chi connectivity index (χ1v) is 1.95. The van der Waals surface area contributed by atoms with Crippen molar-refractivity contribution in [3.8, 4) is 0 Å². The van der Waals surface area contributed by atoms with Crippen molar-refractivity contribution in [2.75, 3.05) is 0 Å². The summed E-state index contributed by atoms with van der Waals surface area (Å²) in [4.78, 5) is 14.3. The molecule has 0 aromatic heterocycles. The number of hydrogen-bond donors (Lipinski definition) is 2. The maximum absolute atomic E-state index is 8.74. The van der Waals surface area contributed by atoms with E-state index in [1.165, 1.54) is 0 Å². The van der Waals surface area contributed by atoms with Crippen molar-refractivity contribution in [3.05, 3.63) is 0 Å². The van der Waals surface area contributed by atoms with Crippen LogP contribution in [0.4, 0.5) is 0 Å². The third-order valence-corrected chi connectivity index (χ3v) is 0. The van der Waals surface area contributed by atoms with Crippen molar-refractivity contribution in [3.63, 3.8) is 0 Å². The summed E-state index contributed by atoms with van der Waals surface area (Å²) in [6.07, 6.45) is 0. The van der Waals surface area contributed by atoms with Crippen LogP contribution >= 0.6 is 0 Å². The molecule has 0 aliphatic rings. The molecular weight excluding hydrogens is 146 g/mol. The van der Waals surface area contributed by atoms with Gasteiger partial charge in [0, 0.05) is 0 Å². The van der Waals surface area contributed by atoms with Crippen LogP contribution in [0.5, 0.6) is 0 Å². The zero-order valence-electron chi connectivity index (χ0n) is 4.80. The monoisotopic (exact) mass is 153 g/mol. The van der Waals surface area contributed by atoms with Crippen LogP contribution in [0.2, 0.25) is 0 Å². The first kappa shape index (κ1) is 22.8. The van der Waals surface area contributed by atoms with Gasteiger partial charge in [0.25, 0.3) is 0 Å². The molecule has 30 valence electrons. The molecule has 0 unspecified atom stereocenters. The molecule has 0 aromatic rings. The molecule has 0 saturated carbocycles. The third kappa shape index (κ3) is 60.1. The molecule has 7 heavy (non-hydrogen) atoms. The Labute approximate surface area is 106 Å². The fourth-order valence-electron chi connectivity index (χ4n) is 0. The molecule has 0 heterocycles. The first-order chi connectivity index (χ1) is 1.73. The Hall–Kier alpha value is 2.38. The van der Waals surface area contributed by atoms with E-state index in [4.69, 9.17) is 14.1 Å². The van der Waals surface area contributed by atoms with E-state index in [1.54, 1.807) is 0 Å². The predicted molar refractivity (Wildman–Crippen MR) is 28.8 cm³/mol. The van der Waals surface area contributed by atoms with Gasteiger partial charge in [0.2, 0.25) is 0 Å². The van der Waals surface area contributed by atoms with E-state index < -0.39 is 9.17 Å². The topological polar surface area (TPSA) is 57.5 Å². The molecule has 0 saturated heterocycles. The third-order valence-electron chi connectivity index (χ3n) is 0. The van der Waals surface area contributed by atoms with Crippen molar-refractivity contribution in [1.82, 2.24) is 0 Å². The van der Waals surface area contributed by atoms with E-state index in [0.717, 1.165) is 0 Å². The van der Waals surface area contributed by atoms with Crippen LogP contribution in [0.15, 0.2) is 0 Å². The molecule has 3 nitrogen and oxygen atoms in total. The molecule has 7 heteroatoms. The van der Waals surface area contributed by atoms with E-state index >= 15 is 0 Å². The Morgan fingerprint density at radius 2 is 1.43 bits per heavy atom. The van der Waals surface area contributed by atoms with E-state index in [-0.39, 0.29) is 85.0 Å². The first-order valence-electron chi connectivity index (χ1n) is 0.651. The predicted octanol–water partition coefficient (Wildman–Crippen LogP) is -5.95. The van der Waals surface area contributed by atoms with Gasteiger partial charge in [-0.25, -0.2) is 0 Å². The maximum atomic E-state index is 8.74. The van der Waals surface area contributed by atoms with E-state index in [1.807, 2.05) is 0 Å². The summed E-state index contributed by atoms with van der Waals surface area (Å²) in [6.45, 7) is 0. The molecule has 0 fully saturated rings. The molecule has 0 aliphatic heterocycles. The minimum absolute atomic E-state index is 0. The summed E-state index contributed by atoms with van der Waals surface area (Å²) in [5.74, 6) is 0. The Morgan fingerprint density at radius 1 is 1.43 bits per heavy atom. The van der Waals surface area contributed by atoms with Gasteiger partial charge in [-0.2, -0.15) is 0 Å². The van der Waals surface area contributed by atoms with Crippen molar-refractivity contribution >= 4 is 61.8 Å². The van der Waals surface area contributed by atoms with Crippen LogP contribution < -0.4 is 29.6 Å². The van der Waals surface area contributed by atoms with Crippen LogP contribution in [0, 0.1) is 0 Å². The minimum atomic E-state index is -3.13. The second-order valence-electron chi connectivity index (χ2n) is 0.283. The fraction of sp³-hybridized carbons (Fsp3) is 0. The molecule has 0 amide bonds. The van der Waals surface area contributed by atoms with Gasteiger partial charge in [-0.1, -0.05) is 0 Å². The molecule has 0 aromatic carbocycles. The second kappa shape index (κ2) is 15.8. The molecule has 0 atom stereocenters. The summed E-state index contributed by atoms with van der Waals surface area (Å²) in [5.41, 5.74) is 0. The standard InChI is InChI=1S/Mg.2Na.H2O3Si.3H/c;;;1-4(2)3;;;/h;;;1-2H;;;/q;;+1;;;;/p+2. The van der Waals surface area contributed by atoms with E-state index in [0.29, 0.717) is 0 Å². The van der Waals surface area contributed by atoms with Crippen LogP contribution in [-0.2, 0) is 4.46 Å². The van der Waals surface area contributed by atoms with Crippen molar-refractivity contribution < 1.29 is 46.5 Å². The van der Waals surface area contributed by atoms with Crippen molar-refractivity contribution in [1.29, 1.82) is 0 Å². The summed E-state index contributed by atoms with van der Waals surface area (Å²) < 4.78 is 8.74. The van der Waals surface area contributed by atoms with Gasteiger partial charge in [-0.15, -0.1) is 0 Å². The average Bonchev–Trinajstić information content (AvgIpc) is 0.811. The van der Waals surface area contributed by atoms with E-state index in [2.05, 4.69) is 0 Å². The quantitative estimate of drug-likeness (QED) is 0.341. The molecule has 0 bridgehead atoms. The summed E-state index contributed by atoms with van der Waals surface area (Å²) in [5, 5.41) is 0.